The summed E-state index contributed by atoms with van der Waals surface area (Å²) in [4.78, 5) is 14.2. The lowest BCUT2D eigenvalue weighted by molar-refractivity contribution is -0.138. The summed E-state index contributed by atoms with van der Waals surface area (Å²) in [6, 6.07) is 0.610. The molecular weight excluding hydrogens is 188 g/mol. The second-order valence-corrected chi connectivity index (χ2v) is 5.09. The first-order valence-corrected chi connectivity index (χ1v) is 6.20. The molecule has 2 rings (SSSR count). The van der Waals surface area contributed by atoms with E-state index in [1.807, 2.05) is 7.05 Å². The van der Waals surface area contributed by atoms with Gasteiger partial charge in [-0.25, -0.2) is 0 Å². The highest BCUT2D eigenvalue weighted by molar-refractivity contribution is 5.82. The lowest BCUT2D eigenvalue weighted by atomic mass is 10.0. The molecule has 1 saturated carbocycles. The number of nitrogens with zero attached hydrogens (tertiary/aromatic N) is 1. The van der Waals surface area contributed by atoms with Crippen molar-refractivity contribution in [2.45, 2.75) is 51.1 Å². The van der Waals surface area contributed by atoms with E-state index in [1.54, 1.807) is 0 Å². The van der Waals surface area contributed by atoms with Gasteiger partial charge in [-0.15, -0.1) is 0 Å². The molecule has 3 atom stereocenters. The predicted octanol–water partition coefficient (Wildman–Crippen LogP) is 1.39. The molecule has 3 unspecified atom stereocenters. The number of amides is 1. The summed E-state index contributed by atoms with van der Waals surface area (Å²) in [5.74, 6) is 1.14. The molecule has 2 aliphatic rings. The summed E-state index contributed by atoms with van der Waals surface area (Å²) >= 11 is 0. The van der Waals surface area contributed by atoms with Crippen LogP contribution in [0.1, 0.15) is 39.0 Å². The van der Waals surface area contributed by atoms with Crippen molar-refractivity contribution in [3.8, 4) is 0 Å². The Hall–Kier alpha value is -0.570. The second kappa shape index (κ2) is 4.52. The molecule has 0 aromatic rings. The summed E-state index contributed by atoms with van der Waals surface area (Å²) in [5.41, 5.74) is 0. The molecule has 0 radical (unpaired) electrons. The molecule has 86 valence electrons. The van der Waals surface area contributed by atoms with Gasteiger partial charge < -0.3 is 10.2 Å². The maximum absolute atomic E-state index is 12.1. The molecule has 1 aliphatic heterocycles. The average Bonchev–Trinajstić information content (AvgIpc) is 2.65. The van der Waals surface area contributed by atoms with Crippen molar-refractivity contribution in [1.29, 1.82) is 0 Å². The Labute approximate surface area is 92.2 Å². The van der Waals surface area contributed by atoms with Crippen LogP contribution in [0.5, 0.6) is 0 Å². The van der Waals surface area contributed by atoms with Crippen LogP contribution < -0.4 is 5.32 Å². The van der Waals surface area contributed by atoms with Gasteiger partial charge in [0.1, 0.15) is 0 Å². The van der Waals surface area contributed by atoms with Crippen molar-refractivity contribution in [3.63, 3.8) is 0 Å². The number of hydrogen-bond acceptors (Lipinski definition) is 2. The van der Waals surface area contributed by atoms with Crippen molar-refractivity contribution in [3.05, 3.63) is 0 Å². The number of rotatable bonds is 2. The summed E-state index contributed by atoms with van der Waals surface area (Å²) < 4.78 is 0. The first kappa shape index (κ1) is 10.9. The average molecular weight is 210 g/mol. The molecule has 1 saturated heterocycles. The number of nitrogens with one attached hydrogen (secondary N) is 1. The van der Waals surface area contributed by atoms with Gasteiger partial charge in [0.25, 0.3) is 0 Å². The molecule has 0 bridgehead atoms. The van der Waals surface area contributed by atoms with Crippen LogP contribution >= 0.6 is 0 Å². The fourth-order valence-corrected chi connectivity index (χ4v) is 2.99. The highest BCUT2D eigenvalue weighted by Crippen LogP contribution is 2.30. The Bertz CT molecular complexity index is 242. The molecule has 0 spiro atoms. The van der Waals surface area contributed by atoms with E-state index in [1.165, 1.54) is 19.3 Å². The van der Waals surface area contributed by atoms with E-state index in [4.69, 9.17) is 0 Å². The van der Waals surface area contributed by atoms with Crippen molar-refractivity contribution in [1.82, 2.24) is 10.2 Å². The van der Waals surface area contributed by atoms with E-state index in [-0.39, 0.29) is 6.04 Å². The highest BCUT2D eigenvalue weighted by atomic mass is 16.2. The summed E-state index contributed by atoms with van der Waals surface area (Å²) in [6.45, 7) is 3.28. The van der Waals surface area contributed by atoms with E-state index < -0.39 is 0 Å². The Morgan fingerprint density at radius 1 is 1.33 bits per heavy atom. The van der Waals surface area contributed by atoms with Crippen molar-refractivity contribution < 1.29 is 4.79 Å². The van der Waals surface area contributed by atoms with Crippen molar-refractivity contribution in [2.24, 2.45) is 5.92 Å². The fourth-order valence-electron chi connectivity index (χ4n) is 2.99. The third-order valence-electron chi connectivity index (χ3n) is 3.93. The van der Waals surface area contributed by atoms with Gasteiger partial charge in [0.15, 0.2) is 0 Å². The van der Waals surface area contributed by atoms with Crippen molar-refractivity contribution in [2.75, 3.05) is 13.6 Å². The van der Waals surface area contributed by atoms with Gasteiger partial charge in [-0.1, -0.05) is 6.92 Å². The zero-order valence-corrected chi connectivity index (χ0v) is 9.83. The predicted molar refractivity (Wildman–Crippen MR) is 60.6 cm³/mol. The number of piperidine rings is 1. The first-order valence-electron chi connectivity index (χ1n) is 6.20. The SMILES string of the molecule is CNC1CCCN(C2CCC(C)C2)C1=O. The monoisotopic (exact) mass is 210 g/mol. The summed E-state index contributed by atoms with van der Waals surface area (Å²) in [6.07, 6.45) is 5.88. The normalized spacial score (nSPS) is 37.3. The van der Waals surface area contributed by atoms with Crippen LogP contribution in [0.15, 0.2) is 0 Å². The van der Waals surface area contributed by atoms with E-state index in [9.17, 15) is 4.79 Å². The van der Waals surface area contributed by atoms with Gasteiger partial charge in [0.2, 0.25) is 5.91 Å². The fraction of sp³-hybridized carbons (Fsp3) is 0.917. The van der Waals surface area contributed by atoms with Crippen LogP contribution in [0, 0.1) is 5.92 Å². The Morgan fingerprint density at radius 2 is 2.13 bits per heavy atom. The third kappa shape index (κ3) is 2.17. The van der Waals surface area contributed by atoms with Crippen LogP contribution in [-0.2, 0) is 4.79 Å². The van der Waals surface area contributed by atoms with Crippen molar-refractivity contribution >= 4 is 5.91 Å². The van der Waals surface area contributed by atoms with Gasteiger partial charge in [-0.2, -0.15) is 0 Å². The second-order valence-electron chi connectivity index (χ2n) is 5.09. The van der Waals surface area contributed by atoms with Gasteiger partial charge in [-0.05, 0) is 45.1 Å². The third-order valence-corrected chi connectivity index (χ3v) is 3.93. The van der Waals surface area contributed by atoms with E-state index in [0.29, 0.717) is 11.9 Å². The number of likely N-dealkylation sites (tertiary alicyclic amines) is 1. The van der Waals surface area contributed by atoms with Gasteiger partial charge >= 0.3 is 0 Å². The lowest BCUT2D eigenvalue weighted by Gasteiger charge is -2.36. The highest BCUT2D eigenvalue weighted by Gasteiger charge is 2.35. The molecule has 0 aromatic carbocycles. The quantitative estimate of drug-likeness (QED) is 0.747. The zero-order valence-electron chi connectivity index (χ0n) is 9.83. The zero-order chi connectivity index (χ0) is 10.8. The molecule has 3 heteroatoms. The maximum atomic E-state index is 12.1. The molecule has 1 heterocycles. The number of hydrogen-bond donors (Lipinski definition) is 1. The van der Waals surface area contributed by atoms with E-state index >= 15 is 0 Å². The molecule has 15 heavy (non-hydrogen) atoms. The largest absolute Gasteiger partial charge is 0.338 e. The van der Waals surface area contributed by atoms with Gasteiger partial charge in [0, 0.05) is 12.6 Å². The maximum Gasteiger partial charge on any atom is 0.239 e. The number of carbonyl (C=O) groups is 1. The number of likely N-dealkylation sites (N-methyl/N-ethyl adjacent to an activating group) is 1. The molecule has 3 nitrogen and oxygen atoms in total. The van der Waals surface area contributed by atoms with Crippen LogP contribution in [0.3, 0.4) is 0 Å². The Balaban J connectivity index is 1.99. The van der Waals surface area contributed by atoms with Crippen LogP contribution in [0.4, 0.5) is 0 Å². The minimum atomic E-state index is 0.0784. The standard InChI is InChI=1S/C12H22N2O/c1-9-5-6-10(8-9)14-7-3-4-11(13-2)12(14)15/h9-11,13H,3-8H2,1-2H3. The lowest BCUT2D eigenvalue weighted by Crippen LogP contribution is -2.52. The molecule has 2 fully saturated rings. The first-order chi connectivity index (χ1) is 7.22. The Morgan fingerprint density at radius 3 is 2.73 bits per heavy atom. The van der Waals surface area contributed by atoms with E-state index in [2.05, 4.69) is 17.1 Å². The van der Waals surface area contributed by atoms with Gasteiger partial charge in [-0.3, -0.25) is 4.79 Å². The molecule has 0 aromatic heterocycles. The van der Waals surface area contributed by atoms with Crippen LogP contribution in [-0.4, -0.2) is 36.5 Å². The molecule has 1 aliphatic carbocycles. The Kier molecular flexibility index (Phi) is 3.29. The van der Waals surface area contributed by atoms with Gasteiger partial charge in [0.05, 0.1) is 6.04 Å². The number of carbonyl (C=O) groups excluding carboxylic acids is 1. The summed E-state index contributed by atoms with van der Waals surface area (Å²) in [7, 11) is 1.89. The molecule has 1 N–H and O–H groups in total. The minimum absolute atomic E-state index is 0.0784. The molecular formula is C12H22N2O. The smallest absolute Gasteiger partial charge is 0.239 e. The van der Waals surface area contributed by atoms with E-state index in [0.717, 1.165) is 25.3 Å². The van der Waals surface area contributed by atoms with Crippen LogP contribution in [0.2, 0.25) is 0 Å². The minimum Gasteiger partial charge on any atom is -0.338 e. The summed E-state index contributed by atoms with van der Waals surface area (Å²) in [5, 5.41) is 3.13. The topological polar surface area (TPSA) is 32.3 Å². The molecule has 1 amide bonds. The van der Waals surface area contributed by atoms with Crippen LogP contribution in [0.25, 0.3) is 0 Å².